The van der Waals surface area contributed by atoms with Gasteiger partial charge in [-0.25, -0.2) is 4.39 Å². The zero-order valence-electron chi connectivity index (χ0n) is 11.3. The largest absolute Gasteiger partial charge is 0.388 e. The molecule has 0 aliphatic rings. The molecule has 0 fully saturated rings. The molecule has 1 N–H and O–H groups in total. The first-order valence-corrected chi connectivity index (χ1v) is 7.12. The molecule has 3 aromatic rings. The van der Waals surface area contributed by atoms with Crippen molar-refractivity contribution in [2.45, 2.75) is 12.5 Å². The van der Waals surface area contributed by atoms with Crippen molar-refractivity contribution < 1.29 is 9.50 Å². The zero-order valence-corrected chi connectivity index (χ0v) is 12.0. The Labute approximate surface area is 127 Å². The van der Waals surface area contributed by atoms with Gasteiger partial charge in [0, 0.05) is 16.8 Å². The van der Waals surface area contributed by atoms with Gasteiger partial charge in [0.2, 0.25) is 0 Å². The number of benzene rings is 3. The standard InChI is InChI=1S/C18H14ClFO/c19-13-7-5-12(6-8-13)11-18(21)16-9-10-17(20)15-4-2-1-3-14(15)16/h1-10,18,21H,11H2. The Balaban J connectivity index is 1.96. The maximum absolute atomic E-state index is 13.8. The summed E-state index contributed by atoms with van der Waals surface area (Å²) in [7, 11) is 0. The number of aliphatic hydroxyl groups is 1. The van der Waals surface area contributed by atoms with Crippen LogP contribution in [0.5, 0.6) is 0 Å². The average molecular weight is 301 g/mol. The van der Waals surface area contributed by atoms with Crippen molar-refractivity contribution >= 4 is 22.4 Å². The number of rotatable bonds is 3. The summed E-state index contributed by atoms with van der Waals surface area (Å²) in [4.78, 5) is 0. The van der Waals surface area contributed by atoms with Crippen LogP contribution in [0.15, 0.2) is 60.7 Å². The monoisotopic (exact) mass is 300 g/mol. The number of fused-ring (bicyclic) bond motifs is 1. The van der Waals surface area contributed by atoms with Gasteiger partial charge in [0.1, 0.15) is 5.82 Å². The van der Waals surface area contributed by atoms with E-state index in [1.54, 1.807) is 30.3 Å². The smallest absolute Gasteiger partial charge is 0.131 e. The number of aliphatic hydroxyl groups excluding tert-OH is 1. The summed E-state index contributed by atoms with van der Waals surface area (Å²) in [5.74, 6) is -0.270. The van der Waals surface area contributed by atoms with Crippen LogP contribution in [0.3, 0.4) is 0 Å². The zero-order chi connectivity index (χ0) is 14.8. The molecule has 3 heteroatoms. The molecule has 1 atom stereocenters. The minimum Gasteiger partial charge on any atom is -0.388 e. The van der Waals surface area contributed by atoms with E-state index in [2.05, 4.69) is 0 Å². The first kappa shape index (κ1) is 14.1. The lowest BCUT2D eigenvalue weighted by atomic mass is 9.96. The molecule has 3 aromatic carbocycles. The second-order valence-corrected chi connectivity index (χ2v) is 5.47. The van der Waals surface area contributed by atoms with Crippen LogP contribution >= 0.6 is 11.6 Å². The van der Waals surface area contributed by atoms with Crippen molar-refractivity contribution in [1.82, 2.24) is 0 Å². The van der Waals surface area contributed by atoms with Gasteiger partial charge in [-0.1, -0.05) is 54.1 Å². The lowest BCUT2D eigenvalue weighted by molar-refractivity contribution is 0.180. The van der Waals surface area contributed by atoms with E-state index >= 15 is 0 Å². The van der Waals surface area contributed by atoms with E-state index in [4.69, 9.17) is 11.6 Å². The Morgan fingerprint density at radius 1 is 0.905 bits per heavy atom. The number of halogens is 2. The molecular formula is C18H14ClFO. The van der Waals surface area contributed by atoms with Gasteiger partial charge in [-0.05, 0) is 34.7 Å². The van der Waals surface area contributed by atoms with Crippen LogP contribution in [0, 0.1) is 5.82 Å². The van der Waals surface area contributed by atoms with Crippen LogP contribution < -0.4 is 0 Å². The third-order valence-corrected chi connectivity index (χ3v) is 3.86. The molecule has 0 radical (unpaired) electrons. The van der Waals surface area contributed by atoms with Crippen LogP contribution in [0.4, 0.5) is 4.39 Å². The predicted molar refractivity (Wildman–Crippen MR) is 84.0 cm³/mol. The van der Waals surface area contributed by atoms with Gasteiger partial charge in [0.15, 0.2) is 0 Å². The molecule has 0 amide bonds. The molecule has 21 heavy (non-hydrogen) atoms. The summed E-state index contributed by atoms with van der Waals surface area (Å²) < 4.78 is 13.8. The Kier molecular flexibility index (Phi) is 3.91. The molecule has 0 aromatic heterocycles. The summed E-state index contributed by atoms with van der Waals surface area (Å²) in [6, 6.07) is 17.6. The van der Waals surface area contributed by atoms with Gasteiger partial charge in [0.05, 0.1) is 6.10 Å². The van der Waals surface area contributed by atoms with E-state index in [0.29, 0.717) is 16.8 Å². The average Bonchev–Trinajstić information content (AvgIpc) is 2.50. The third kappa shape index (κ3) is 2.92. The van der Waals surface area contributed by atoms with Crippen LogP contribution in [0.25, 0.3) is 10.8 Å². The summed E-state index contributed by atoms with van der Waals surface area (Å²) in [5, 5.41) is 12.4. The van der Waals surface area contributed by atoms with Crippen LogP contribution in [-0.2, 0) is 6.42 Å². The van der Waals surface area contributed by atoms with Crippen molar-refractivity contribution in [3.05, 3.63) is 82.6 Å². The second-order valence-electron chi connectivity index (χ2n) is 5.03. The maximum atomic E-state index is 13.8. The van der Waals surface area contributed by atoms with Crippen molar-refractivity contribution in [2.75, 3.05) is 0 Å². The maximum Gasteiger partial charge on any atom is 0.131 e. The molecule has 0 bridgehead atoms. The van der Waals surface area contributed by atoms with Gasteiger partial charge >= 0.3 is 0 Å². The van der Waals surface area contributed by atoms with E-state index in [9.17, 15) is 9.50 Å². The molecule has 0 saturated carbocycles. The summed E-state index contributed by atoms with van der Waals surface area (Å²) in [5.41, 5.74) is 1.72. The molecule has 0 heterocycles. The summed E-state index contributed by atoms with van der Waals surface area (Å²) >= 11 is 5.86. The highest BCUT2D eigenvalue weighted by Crippen LogP contribution is 2.28. The van der Waals surface area contributed by atoms with E-state index < -0.39 is 6.10 Å². The molecule has 106 valence electrons. The fraction of sp³-hybridized carbons (Fsp3) is 0.111. The highest BCUT2D eigenvalue weighted by Gasteiger charge is 2.13. The number of hydrogen-bond donors (Lipinski definition) is 1. The Bertz CT molecular complexity index is 768. The van der Waals surface area contributed by atoms with Gasteiger partial charge < -0.3 is 5.11 Å². The van der Waals surface area contributed by atoms with Gasteiger partial charge in [0.25, 0.3) is 0 Å². The SMILES string of the molecule is OC(Cc1ccc(Cl)cc1)c1ccc(F)c2ccccc12. The molecule has 0 saturated heterocycles. The minimum atomic E-state index is -0.684. The quantitative estimate of drug-likeness (QED) is 0.729. The third-order valence-electron chi connectivity index (χ3n) is 3.61. The normalized spacial score (nSPS) is 12.5. The van der Waals surface area contributed by atoms with E-state index in [1.807, 2.05) is 24.3 Å². The first-order valence-electron chi connectivity index (χ1n) is 6.75. The highest BCUT2D eigenvalue weighted by molar-refractivity contribution is 6.30. The van der Waals surface area contributed by atoms with Gasteiger partial charge in [-0.3, -0.25) is 0 Å². The van der Waals surface area contributed by atoms with Crippen molar-refractivity contribution in [2.24, 2.45) is 0 Å². The topological polar surface area (TPSA) is 20.2 Å². The van der Waals surface area contributed by atoms with Gasteiger partial charge in [-0.2, -0.15) is 0 Å². The molecule has 1 nitrogen and oxygen atoms in total. The minimum absolute atomic E-state index is 0.270. The Morgan fingerprint density at radius 2 is 1.57 bits per heavy atom. The summed E-state index contributed by atoms with van der Waals surface area (Å²) in [6.07, 6.45) is -0.219. The molecule has 0 aliphatic heterocycles. The fourth-order valence-corrected chi connectivity index (χ4v) is 2.66. The van der Waals surface area contributed by atoms with E-state index in [0.717, 1.165) is 16.5 Å². The number of hydrogen-bond acceptors (Lipinski definition) is 1. The van der Waals surface area contributed by atoms with E-state index in [1.165, 1.54) is 6.07 Å². The lowest BCUT2D eigenvalue weighted by Crippen LogP contribution is -2.03. The molecular weight excluding hydrogens is 287 g/mol. The van der Waals surface area contributed by atoms with Crippen LogP contribution in [0.1, 0.15) is 17.2 Å². The van der Waals surface area contributed by atoms with Crippen LogP contribution in [-0.4, -0.2) is 5.11 Å². The highest BCUT2D eigenvalue weighted by atomic mass is 35.5. The van der Waals surface area contributed by atoms with Crippen LogP contribution in [0.2, 0.25) is 5.02 Å². The molecule has 1 unspecified atom stereocenters. The first-order chi connectivity index (χ1) is 10.1. The predicted octanol–water partition coefficient (Wildman–Crippen LogP) is 4.91. The van der Waals surface area contributed by atoms with Gasteiger partial charge in [-0.15, -0.1) is 0 Å². The Morgan fingerprint density at radius 3 is 2.29 bits per heavy atom. The molecule has 3 rings (SSSR count). The van der Waals surface area contributed by atoms with E-state index in [-0.39, 0.29) is 5.82 Å². The van der Waals surface area contributed by atoms with Crippen molar-refractivity contribution in [3.8, 4) is 0 Å². The summed E-state index contributed by atoms with van der Waals surface area (Å²) in [6.45, 7) is 0. The van der Waals surface area contributed by atoms with Crippen molar-refractivity contribution in [3.63, 3.8) is 0 Å². The molecule has 0 spiro atoms. The second kappa shape index (κ2) is 5.84. The van der Waals surface area contributed by atoms with Crippen molar-refractivity contribution in [1.29, 1.82) is 0 Å². The fourth-order valence-electron chi connectivity index (χ4n) is 2.53. The Hall–Kier alpha value is -1.90. The molecule has 0 aliphatic carbocycles. The lowest BCUT2D eigenvalue weighted by Gasteiger charge is -2.14.